The second-order valence-electron chi connectivity index (χ2n) is 4.37. The Balaban J connectivity index is 2.26. The van der Waals surface area contributed by atoms with Gasteiger partial charge in [-0.25, -0.2) is 8.78 Å². The van der Waals surface area contributed by atoms with Crippen molar-refractivity contribution in [3.05, 3.63) is 28.7 Å². The summed E-state index contributed by atoms with van der Waals surface area (Å²) >= 11 is 0. The van der Waals surface area contributed by atoms with Crippen LogP contribution < -0.4 is 11.3 Å². The molecule has 2 rings (SSSR count). The molecule has 0 aromatic carbocycles. The van der Waals surface area contributed by atoms with Crippen LogP contribution in [-0.2, 0) is 6.54 Å². The summed E-state index contributed by atoms with van der Waals surface area (Å²) in [7, 11) is 0. The summed E-state index contributed by atoms with van der Waals surface area (Å²) in [4.78, 5) is 11.4. The second kappa shape index (κ2) is 2.81. The minimum Gasteiger partial charge on any atom is -0.398 e. The van der Waals surface area contributed by atoms with Crippen LogP contribution in [0.1, 0.15) is 13.3 Å². The van der Waals surface area contributed by atoms with Gasteiger partial charge in [-0.15, -0.1) is 0 Å². The molecule has 1 heterocycles. The highest BCUT2D eigenvalue weighted by Gasteiger charge is 2.67. The summed E-state index contributed by atoms with van der Waals surface area (Å²) in [6, 6.07) is 2.76. The summed E-state index contributed by atoms with van der Waals surface area (Å²) in [6.07, 6.45) is 1.24. The van der Waals surface area contributed by atoms with Gasteiger partial charge >= 0.3 is 0 Å². The standard InChI is InChI=1S/C10H12F2N2O/c1-9(5-10(9,11)12)6-14-4-7(13)2-3-8(14)15/h2-4H,5-6,13H2,1H3. The third-order valence-electron chi connectivity index (χ3n) is 2.90. The Hall–Kier alpha value is -1.39. The molecule has 0 spiro atoms. The molecule has 1 atom stereocenters. The van der Waals surface area contributed by atoms with Crippen molar-refractivity contribution >= 4 is 5.69 Å². The lowest BCUT2D eigenvalue weighted by Crippen LogP contribution is -2.25. The van der Waals surface area contributed by atoms with E-state index in [4.69, 9.17) is 5.73 Å². The molecule has 82 valence electrons. The van der Waals surface area contributed by atoms with Crippen LogP contribution in [-0.4, -0.2) is 10.5 Å². The predicted octanol–water partition coefficient (Wildman–Crippen LogP) is 1.48. The maximum Gasteiger partial charge on any atom is 0.256 e. The van der Waals surface area contributed by atoms with E-state index in [0.717, 1.165) is 0 Å². The fourth-order valence-electron chi connectivity index (χ4n) is 1.67. The smallest absolute Gasteiger partial charge is 0.256 e. The van der Waals surface area contributed by atoms with Crippen molar-refractivity contribution in [3.8, 4) is 0 Å². The van der Waals surface area contributed by atoms with E-state index in [0.29, 0.717) is 5.69 Å². The van der Waals surface area contributed by atoms with E-state index < -0.39 is 11.3 Å². The normalized spacial score (nSPS) is 27.7. The molecule has 3 nitrogen and oxygen atoms in total. The van der Waals surface area contributed by atoms with Gasteiger partial charge in [0.1, 0.15) is 0 Å². The highest BCUT2D eigenvalue weighted by molar-refractivity contribution is 5.33. The summed E-state index contributed by atoms with van der Waals surface area (Å²) < 4.78 is 27.2. The van der Waals surface area contributed by atoms with Crippen molar-refractivity contribution in [2.45, 2.75) is 25.8 Å². The lowest BCUT2D eigenvalue weighted by atomic mass is 10.1. The largest absolute Gasteiger partial charge is 0.398 e. The number of hydrogen-bond acceptors (Lipinski definition) is 2. The molecular formula is C10H12F2N2O. The van der Waals surface area contributed by atoms with Crippen molar-refractivity contribution in [2.75, 3.05) is 5.73 Å². The number of hydrogen-bond donors (Lipinski definition) is 1. The average Bonchev–Trinajstić information content (AvgIpc) is 2.58. The minimum atomic E-state index is -2.66. The first-order chi connectivity index (χ1) is 6.84. The van der Waals surface area contributed by atoms with Gasteiger partial charge in [0.05, 0.1) is 5.41 Å². The van der Waals surface area contributed by atoms with Crippen molar-refractivity contribution in [1.82, 2.24) is 4.57 Å². The Morgan fingerprint density at radius 3 is 2.67 bits per heavy atom. The maximum absolute atomic E-state index is 13.0. The quantitative estimate of drug-likeness (QED) is 0.810. The van der Waals surface area contributed by atoms with Crippen molar-refractivity contribution < 1.29 is 8.78 Å². The molecule has 0 radical (unpaired) electrons. The van der Waals surface area contributed by atoms with E-state index >= 15 is 0 Å². The molecule has 1 unspecified atom stereocenters. The number of rotatable bonds is 2. The molecule has 0 saturated heterocycles. The molecule has 0 bridgehead atoms. The van der Waals surface area contributed by atoms with Crippen LogP contribution in [0.2, 0.25) is 0 Å². The van der Waals surface area contributed by atoms with Gasteiger partial charge in [0.25, 0.3) is 11.5 Å². The zero-order chi connectivity index (χ0) is 11.3. The Labute approximate surface area is 85.5 Å². The molecule has 0 aliphatic heterocycles. The van der Waals surface area contributed by atoms with E-state index in [1.165, 1.54) is 29.8 Å². The van der Waals surface area contributed by atoms with Crippen LogP contribution in [0.15, 0.2) is 23.1 Å². The van der Waals surface area contributed by atoms with Crippen LogP contribution in [0.25, 0.3) is 0 Å². The minimum absolute atomic E-state index is 0.0177. The lowest BCUT2D eigenvalue weighted by molar-refractivity contribution is 0.0633. The number of anilines is 1. The van der Waals surface area contributed by atoms with Crippen LogP contribution in [0.3, 0.4) is 0 Å². The van der Waals surface area contributed by atoms with Gasteiger partial charge in [-0.2, -0.15) is 0 Å². The van der Waals surface area contributed by atoms with Crippen LogP contribution in [0.5, 0.6) is 0 Å². The van der Waals surface area contributed by atoms with E-state index in [2.05, 4.69) is 0 Å². The maximum atomic E-state index is 13.0. The molecule has 1 aromatic heterocycles. The fraction of sp³-hybridized carbons (Fsp3) is 0.500. The van der Waals surface area contributed by atoms with Gasteiger partial charge in [0.2, 0.25) is 0 Å². The number of aromatic nitrogens is 1. The first-order valence-electron chi connectivity index (χ1n) is 4.68. The average molecular weight is 214 g/mol. The summed E-state index contributed by atoms with van der Waals surface area (Å²) in [5.41, 5.74) is 4.50. The fourth-order valence-corrected chi connectivity index (χ4v) is 1.67. The van der Waals surface area contributed by atoms with Crippen molar-refractivity contribution in [1.29, 1.82) is 0 Å². The predicted molar refractivity (Wildman–Crippen MR) is 52.8 cm³/mol. The van der Waals surface area contributed by atoms with E-state index in [-0.39, 0.29) is 18.5 Å². The molecule has 1 aliphatic rings. The van der Waals surface area contributed by atoms with Gasteiger partial charge in [-0.05, 0) is 6.07 Å². The molecule has 5 heteroatoms. The Kier molecular flexibility index (Phi) is 1.90. The van der Waals surface area contributed by atoms with Crippen molar-refractivity contribution in [2.24, 2.45) is 5.41 Å². The lowest BCUT2D eigenvalue weighted by Gasteiger charge is -2.12. The van der Waals surface area contributed by atoms with Crippen LogP contribution in [0, 0.1) is 5.41 Å². The first-order valence-corrected chi connectivity index (χ1v) is 4.68. The molecule has 2 N–H and O–H groups in total. The van der Waals surface area contributed by atoms with Crippen LogP contribution >= 0.6 is 0 Å². The van der Waals surface area contributed by atoms with Crippen LogP contribution in [0.4, 0.5) is 14.5 Å². The molecule has 1 aliphatic carbocycles. The molecule has 1 saturated carbocycles. The first kappa shape index (κ1) is 10.1. The third-order valence-corrected chi connectivity index (χ3v) is 2.90. The summed E-state index contributed by atoms with van der Waals surface area (Å²) in [5, 5.41) is 0. The third kappa shape index (κ3) is 1.62. The van der Waals surface area contributed by atoms with Gasteiger partial charge in [-0.3, -0.25) is 4.79 Å². The Morgan fingerprint density at radius 2 is 2.13 bits per heavy atom. The zero-order valence-corrected chi connectivity index (χ0v) is 8.34. The number of pyridine rings is 1. The number of nitrogens with two attached hydrogens (primary N) is 1. The van der Waals surface area contributed by atoms with Gasteiger partial charge in [-0.1, -0.05) is 6.92 Å². The summed E-state index contributed by atoms with van der Waals surface area (Å²) in [5.74, 6) is -2.66. The number of nitrogen functional groups attached to an aromatic ring is 1. The number of nitrogens with zero attached hydrogens (tertiary/aromatic N) is 1. The highest BCUT2D eigenvalue weighted by Crippen LogP contribution is 2.60. The highest BCUT2D eigenvalue weighted by atomic mass is 19.3. The van der Waals surface area contributed by atoms with Gasteiger partial charge in [0.15, 0.2) is 0 Å². The van der Waals surface area contributed by atoms with E-state index in [1.807, 2.05) is 0 Å². The van der Waals surface area contributed by atoms with E-state index in [9.17, 15) is 13.6 Å². The van der Waals surface area contributed by atoms with Gasteiger partial charge in [0, 0.05) is 30.9 Å². The van der Waals surface area contributed by atoms with Gasteiger partial charge < -0.3 is 10.3 Å². The zero-order valence-electron chi connectivity index (χ0n) is 8.34. The Bertz CT molecular complexity index is 455. The van der Waals surface area contributed by atoms with Crippen molar-refractivity contribution in [3.63, 3.8) is 0 Å². The monoisotopic (exact) mass is 214 g/mol. The molecule has 15 heavy (non-hydrogen) atoms. The number of halogens is 2. The molecular weight excluding hydrogens is 202 g/mol. The number of alkyl halides is 2. The molecule has 1 fully saturated rings. The summed E-state index contributed by atoms with van der Waals surface area (Å²) in [6.45, 7) is 1.49. The molecule has 1 aromatic rings. The topological polar surface area (TPSA) is 48.0 Å². The molecule has 0 amide bonds. The Morgan fingerprint density at radius 1 is 1.53 bits per heavy atom. The SMILES string of the molecule is CC1(Cn2cc(N)ccc2=O)CC1(F)F. The van der Waals surface area contributed by atoms with E-state index in [1.54, 1.807) is 0 Å². The second-order valence-corrected chi connectivity index (χ2v) is 4.37.